The van der Waals surface area contributed by atoms with E-state index in [-0.39, 0.29) is 23.5 Å². The van der Waals surface area contributed by atoms with E-state index in [9.17, 15) is 13.6 Å². The highest BCUT2D eigenvalue weighted by Gasteiger charge is 2.15. The van der Waals surface area contributed by atoms with Gasteiger partial charge in [-0.25, -0.2) is 13.5 Å². The summed E-state index contributed by atoms with van der Waals surface area (Å²) in [5, 5.41) is 10.6. The lowest BCUT2D eigenvalue weighted by molar-refractivity contribution is -0.113. The Morgan fingerprint density at radius 3 is 2.52 bits per heavy atom. The van der Waals surface area contributed by atoms with Gasteiger partial charge in [0.1, 0.15) is 24.0 Å². The van der Waals surface area contributed by atoms with Gasteiger partial charge in [0.2, 0.25) is 11.1 Å². The molecule has 7 nitrogen and oxygen atoms in total. The van der Waals surface area contributed by atoms with Crippen LogP contribution in [0.4, 0.5) is 14.5 Å². The van der Waals surface area contributed by atoms with E-state index in [1.807, 2.05) is 24.3 Å². The molecule has 164 valence electrons. The van der Waals surface area contributed by atoms with E-state index in [4.69, 9.17) is 10.6 Å². The van der Waals surface area contributed by atoms with Gasteiger partial charge in [-0.2, -0.15) is 0 Å². The maximum Gasteiger partial charge on any atom is 0.234 e. The van der Waals surface area contributed by atoms with Gasteiger partial charge in [0, 0.05) is 6.07 Å². The molecule has 10 heteroatoms. The van der Waals surface area contributed by atoms with Crippen LogP contribution in [0, 0.1) is 11.6 Å². The molecule has 0 unspecified atom stereocenters. The molecule has 0 fully saturated rings. The standard InChI is InChI=1S/C21H23F2N5O2S/c1-21(2,3)13-4-7-15(8-5-13)30-11-18-26-27-20(28(18)24)31-12-19(29)25-17-9-6-14(22)10-16(17)23/h4-10H,11-12,24H2,1-3H3,(H,25,29). The van der Waals surface area contributed by atoms with E-state index in [2.05, 4.69) is 36.3 Å². The third-order valence-corrected chi connectivity index (χ3v) is 5.30. The molecule has 0 aliphatic carbocycles. The zero-order valence-corrected chi connectivity index (χ0v) is 18.2. The number of thioether (sulfide) groups is 1. The molecule has 3 N–H and O–H groups in total. The number of nitrogen functional groups attached to an aromatic ring is 1. The van der Waals surface area contributed by atoms with Gasteiger partial charge in [0.05, 0.1) is 11.4 Å². The Hall–Kier alpha value is -3.14. The van der Waals surface area contributed by atoms with Crippen molar-refractivity contribution in [2.75, 3.05) is 16.9 Å². The van der Waals surface area contributed by atoms with Crippen LogP contribution < -0.4 is 15.9 Å². The van der Waals surface area contributed by atoms with Crippen molar-refractivity contribution in [1.29, 1.82) is 0 Å². The summed E-state index contributed by atoms with van der Waals surface area (Å²) in [5.41, 5.74) is 1.14. The Bertz CT molecular complexity index is 1060. The number of rotatable bonds is 7. The summed E-state index contributed by atoms with van der Waals surface area (Å²) in [7, 11) is 0. The highest BCUT2D eigenvalue weighted by atomic mass is 32.2. The van der Waals surface area contributed by atoms with Gasteiger partial charge in [0.15, 0.2) is 5.82 Å². The van der Waals surface area contributed by atoms with Crippen molar-refractivity contribution in [3.63, 3.8) is 0 Å². The Morgan fingerprint density at radius 1 is 1.16 bits per heavy atom. The summed E-state index contributed by atoms with van der Waals surface area (Å²) in [6, 6.07) is 10.7. The van der Waals surface area contributed by atoms with Crippen LogP contribution in [0.25, 0.3) is 0 Å². The van der Waals surface area contributed by atoms with Crippen molar-refractivity contribution in [2.24, 2.45) is 0 Å². The summed E-state index contributed by atoms with van der Waals surface area (Å²) in [6.07, 6.45) is 0. The smallest absolute Gasteiger partial charge is 0.234 e. The molecule has 1 amide bonds. The molecule has 0 atom stereocenters. The van der Waals surface area contributed by atoms with Crippen LogP contribution >= 0.6 is 11.8 Å². The molecule has 31 heavy (non-hydrogen) atoms. The fourth-order valence-corrected chi connectivity index (χ4v) is 3.29. The number of hydrogen-bond acceptors (Lipinski definition) is 6. The van der Waals surface area contributed by atoms with Crippen LogP contribution in [0.2, 0.25) is 0 Å². The highest BCUT2D eigenvalue weighted by Crippen LogP contribution is 2.25. The number of benzene rings is 2. The lowest BCUT2D eigenvalue weighted by atomic mass is 9.87. The fourth-order valence-electron chi connectivity index (χ4n) is 2.61. The summed E-state index contributed by atoms with van der Waals surface area (Å²) in [5.74, 6) is 4.89. The molecular formula is C21H23F2N5O2S. The summed E-state index contributed by atoms with van der Waals surface area (Å²) in [4.78, 5) is 12.0. The van der Waals surface area contributed by atoms with Crippen LogP contribution in [0.5, 0.6) is 5.75 Å². The Labute approximate surface area is 183 Å². The first-order valence-corrected chi connectivity index (χ1v) is 10.4. The maximum atomic E-state index is 13.6. The van der Waals surface area contributed by atoms with Gasteiger partial charge in [-0.05, 0) is 35.2 Å². The number of nitrogens with zero attached hydrogens (tertiary/aromatic N) is 3. The summed E-state index contributed by atoms with van der Waals surface area (Å²) < 4.78 is 33.5. The predicted octanol–water partition coefficient (Wildman–Crippen LogP) is 3.88. The Kier molecular flexibility index (Phi) is 6.79. The second kappa shape index (κ2) is 9.34. The molecule has 0 bridgehead atoms. The van der Waals surface area contributed by atoms with E-state index in [1.54, 1.807) is 0 Å². The average molecular weight is 448 g/mol. The number of aromatic nitrogens is 3. The summed E-state index contributed by atoms with van der Waals surface area (Å²) >= 11 is 1.03. The van der Waals surface area contributed by atoms with E-state index in [1.165, 1.54) is 10.2 Å². The average Bonchev–Trinajstić information content (AvgIpc) is 3.06. The van der Waals surface area contributed by atoms with Gasteiger partial charge in [-0.15, -0.1) is 10.2 Å². The van der Waals surface area contributed by atoms with Gasteiger partial charge in [-0.3, -0.25) is 4.79 Å². The molecule has 3 rings (SSSR count). The molecule has 2 aromatic carbocycles. The van der Waals surface area contributed by atoms with Gasteiger partial charge in [-0.1, -0.05) is 44.7 Å². The van der Waals surface area contributed by atoms with Crippen LogP contribution in [-0.4, -0.2) is 26.5 Å². The van der Waals surface area contributed by atoms with Gasteiger partial charge >= 0.3 is 0 Å². The second-order valence-electron chi connectivity index (χ2n) is 7.79. The molecule has 1 heterocycles. The molecule has 0 saturated heterocycles. The van der Waals surface area contributed by atoms with E-state index >= 15 is 0 Å². The highest BCUT2D eigenvalue weighted by molar-refractivity contribution is 7.99. The number of ether oxygens (including phenoxy) is 1. The molecule has 0 spiro atoms. The monoisotopic (exact) mass is 447 g/mol. The molecule has 0 saturated carbocycles. The van der Waals surface area contributed by atoms with E-state index < -0.39 is 17.5 Å². The molecule has 0 aliphatic heterocycles. The molecule has 3 aromatic rings. The quantitative estimate of drug-likeness (QED) is 0.422. The first kappa shape index (κ1) is 22.5. The molecule has 0 radical (unpaired) electrons. The van der Waals surface area contributed by atoms with Crippen molar-refractivity contribution >= 4 is 23.4 Å². The summed E-state index contributed by atoms with van der Waals surface area (Å²) in [6.45, 7) is 6.51. The van der Waals surface area contributed by atoms with E-state index in [0.717, 1.165) is 23.9 Å². The third-order valence-electron chi connectivity index (χ3n) is 4.36. The minimum atomic E-state index is -0.852. The number of carbonyl (C=O) groups excluding carboxylic acids is 1. The van der Waals surface area contributed by atoms with Crippen molar-refractivity contribution in [3.8, 4) is 5.75 Å². The number of carbonyl (C=O) groups is 1. The largest absolute Gasteiger partial charge is 0.486 e. The molecule has 0 aliphatic rings. The van der Waals surface area contributed by atoms with Crippen molar-refractivity contribution in [3.05, 3.63) is 65.5 Å². The number of halogens is 2. The minimum Gasteiger partial charge on any atom is -0.486 e. The van der Waals surface area contributed by atoms with Crippen molar-refractivity contribution in [1.82, 2.24) is 14.9 Å². The lowest BCUT2D eigenvalue weighted by Gasteiger charge is -2.19. The third kappa shape index (κ3) is 5.94. The van der Waals surface area contributed by atoms with Crippen molar-refractivity contribution in [2.45, 2.75) is 37.9 Å². The SMILES string of the molecule is CC(C)(C)c1ccc(OCc2nnc(SCC(=O)Nc3ccc(F)cc3F)n2N)cc1. The first-order valence-electron chi connectivity index (χ1n) is 9.44. The number of hydrogen-bond donors (Lipinski definition) is 2. The zero-order chi connectivity index (χ0) is 22.6. The first-order chi connectivity index (χ1) is 14.6. The maximum absolute atomic E-state index is 13.6. The second-order valence-corrected chi connectivity index (χ2v) is 8.74. The molecular weight excluding hydrogens is 424 g/mol. The number of amides is 1. The van der Waals surface area contributed by atoms with Crippen LogP contribution in [0.3, 0.4) is 0 Å². The topological polar surface area (TPSA) is 95.1 Å². The Balaban J connectivity index is 1.53. The van der Waals surface area contributed by atoms with Crippen LogP contribution in [0.15, 0.2) is 47.6 Å². The molecule has 1 aromatic heterocycles. The fraction of sp³-hybridized carbons (Fsp3) is 0.286. The normalized spacial score (nSPS) is 11.4. The zero-order valence-electron chi connectivity index (χ0n) is 17.4. The van der Waals surface area contributed by atoms with Crippen LogP contribution in [-0.2, 0) is 16.8 Å². The number of nitrogens with one attached hydrogen (secondary N) is 1. The van der Waals surface area contributed by atoms with Gasteiger partial charge < -0.3 is 15.9 Å². The van der Waals surface area contributed by atoms with E-state index in [0.29, 0.717) is 22.8 Å². The van der Waals surface area contributed by atoms with Crippen LogP contribution in [0.1, 0.15) is 32.2 Å². The number of anilines is 1. The Morgan fingerprint density at radius 2 is 1.87 bits per heavy atom. The predicted molar refractivity (Wildman–Crippen MR) is 115 cm³/mol. The number of nitrogens with two attached hydrogens (primary N) is 1. The minimum absolute atomic E-state index is 0.0524. The van der Waals surface area contributed by atoms with Gasteiger partial charge in [0.25, 0.3) is 0 Å². The van der Waals surface area contributed by atoms with Crippen molar-refractivity contribution < 1.29 is 18.3 Å². The lowest BCUT2D eigenvalue weighted by Crippen LogP contribution is -2.18.